The molecule has 0 N–H and O–H groups in total. The molecule has 0 atom stereocenters. The van der Waals surface area contributed by atoms with Gasteiger partial charge in [0.1, 0.15) is 0 Å². The van der Waals surface area contributed by atoms with Gasteiger partial charge in [-0.25, -0.2) is 0 Å². The van der Waals surface area contributed by atoms with Crippen LogP contribution in [0.15, 0.2) is 0 Å². The Kier molecular flexibility index (Phi) is 70.4. The summed E-state index contributed by atoms with van der Waals surface area (Å²) in [6.45, 7) is 0. The van der Waals surface area contributed by atoms with Gasteiger partial charge < -0.3 is 0 Å². The number of hydrogen-bond acceptors (Lipinski definition) is 1. The van der Waals surface area contributed by atoms with Crippen molar-refractivity contribution >= 4 is 29.7 Å². The molecule has 16 valence electrons. The maximum atomic E-state index is 4.09. The number of rotatable bonds is 0. The second kappa shape index (κ2) is 17.6. The van der Waals surface area contributed by atoms with Crippen molar-refractivity contribution in [3.8, 4) is 0 Å². The maximum absolute atomic E-state index is 4.09. The van der Waals surface area contributed by atoms with E-state index in [0.29, 0.717) is 0 Å². The third-order valence-electron chi connectivity index (χ3n) is 0. The van der Waals surface area contributed by atoms with E-state index in [4.69, 9.17) is 0 Å². The van der Waals surface area contributed by atoms with Crippen molar-refractivity contribution in [1.82, 2.24) is 0 Å². The molecule has 0 unspecified atom stereocenters. The molecule has 4 heavy (non-hydrogen) atoms. The quantitative estimate of drug-likeness (QED) is 0.502. The van der Waals surface area contributed by atoms with Crippen LogP contribution in [0.25, 0.3) is 0 Å². The van der Waals surface area contributed by atoms with Crippen LogP contribution in [0.2, 0.25) is 0 Å². The van der Waals surface area contributed by atoms with E-state index in [1.807, 2.05) is 0 Å². The van der Waals surface area contributed by atoms with Gasteiger partial charge in [0, 0.05) is 47.1 Å². The van der Waals surface area contributed by atoms with Crippen LogP contribution in [0.1, 0.15) is 0 Å². The molecule has 0 aliphatic rings. The van der Waals surface area contributed by atoms with Crippen LogP contribution in [0.4, 0.5) is 0 Å². The molecule has 0 aliphatic heterocycles. The summed E-state index contributed by atoms with van der Waals surface area (Å²) >= 11 is 1.53. The van der Waals surface area contributed by atoms with Crippen LogP contribution in [0.3, 0.4) is 0 Å². The summed E-state index contributed by atoms with van der Waals surface area (Å²) in [7, 11) is 4.09. The Morgan fingerprint density at radius 1 is 1.25 bits per heavy atom. The van der Waals surface area contributed by atoms with E-state index in [0.717, 1.165) is 0 Å². The van der Waals surface area contributed by atoms with E-state index in [2.05, 4.69) is 9.34 Å². The Bertz CT molecular complexity index is 8.00. The molecule has 0 aliphatic carbocycles. The molecule has 4 heteroatoms. The van der Waals surface area contributed by atoms with Gasteiger partial charge in [-0.15, -0.1) is 0 Å². The van der Waals surface area contributed by atoms with Crippen LogP contribution >= 0.6 is 9.34 Å². The molecular formula is HgSTeZn. The van der Waals surface area contributed by atoms with Crippen molar-refractivity contribution in [1.29, 1.82) is 0 Å². The zero-order valence-corrected chi connectivity index (χ0v) is 13.8. The van der Waals surface area contributed by atoms with E-state index >= 15 is 0 Å². The van der Waals surface area contributed by atoms with E-state index < -0.39 is 0 Å². The average molecular weight is 426 g/mol. The second-order valence-electron chi connectivity index (χ2n) is 0. The first-order valence-corrected chi connectivity index (χ1v) is 3.35. The molecule has 0 nitrogen and oxygen atoms in total. The number of hydrogen-bond donors (Lipinski definition) is 0. The van der Waals surface area contributed by atoms with Crippen molar-refractivity contribution in [3.05, 3.63) is 0 Å². The van der Waals surface area contributed by atoms with Crippen molar-refractivity contribution in [2.45, 2.75) is 0 Å². The van der Waals surface area contributed by atoms with Gasteiger partial charge in [-0.05, 0) is 0 Å². The van der Waals surface area contributed by atoms with Crippen LogP contribution in [0.5, 0.6) is 0 Å². The van der Waals surface area contributed by atoms with E-state index in [9.17, 15) is 0 Å². The van der Waals surface area contributed by atoms with Crippen molar-refractivity contribution in [2.24, 2.45) is 0 Å². The van der Waals surface area contributed by atoms with Gasteiger partial charge in [-0.3, -0.25) is 0 Å². The maximum Gasteiger partial charge on any atom is 0 e. The summed E-state index contributed by atoms with van der Waals surface area (Å²) in [5.41, 5.74) is 0. The molecule has 0 aromatic heterocycles. The monoisotopic (exact) mass is 428 g/mol. The van der Waals surface area contributed by atoms with Crippen LogP contribution < -0.4 is 0 Å². The summed E-state index contributed by atoms with van der Waals surface area (Å²) in [5, 5.41) is 0. The first kappa shape index (κ1) is 16.0. The third-order valence-corrected chi connectivity index (χ3v) is 0. The minimum atomic E-state index is 0. The predicted octanol–water partition coefficient (Wildman–Crippen LogP) is 0.262. The van der Waals surface area contributed by atoms with E-state index in [1.165, 1.54) is 20.4 Å². The fourth-order valence-electron chi connectivity index (χ4n) is 0. The minimum Gasteiger partial charge on any atom is 0 e. The molecule has 0 amide bonds. The largest absolute Gasteiger partial charge is 0 e. The molecule has 0 aromatic rings. The molecule has 0 rings (SSSR count). The van der Waals surface area contributed by atoms with Crippen molar-refractivity contribution in [2.75, 3.05) is 0 Å². The van der Waals surface area contributed by atoms with Gasteiger partial charge >= 0.3 is 29.7 Å². The summed E-state index contributed by atoms with van der Waals surface area (Å²) < 4.78 is 0. The third kappa shape index (κ3) is 8.82. The molecular weight excluding hydrogens is 426 g/mol. The van der Waals surface area contributed by atoms with E-state index in [-0.39, 0.29) is 47.1 Å². The topological polar surface area (TPSA) is 0 Å². The SMILES string of the molecule is S=[Te].[Hg].[Zn]. The van der Waals surface area contributed by atoms with Crippen molar-refractivity contribution in [3.63, 3.8) is 0 Å². The predicted molar refractivity (Wildman–Crippen MR) is 13.3 cm³/mol. The van der Waals surface area contributed by atoms with Crippen LogP contribution in [0, 0.1) is 0 Å². The fourth-order valence-corrected chi connectivity index (χ4v) is 0. The second-order valence-corrected chi connectivity index (χ2v) is 0. The Hall–Kier alpha value is 2.57. The fraction of sp³-hybridized carbons (Fsp3) is 0. The molecule has 0 saturated carbocycles. The van der Waals surface area contributed by atoms with Crippen LogP contribution in [-0.2, 0) is 47.1 Å². The molecule has 0 saturated heterocycles. The van der Waals surface area contributed by atoms with Gasteiger partial charge in [0.25, 0.3) is 0 Å². The summed E-state index contributed by atoms with van der Waals surface area (Å²) in [6.07, 6.45) is 0. The first-order chi connectivity index (χ1) is 1.00. The smallest absolute Gasteiger partial charge is 0 e. The average Bonchev–Trinajstić information content (AvgIpc) is 1.00. The van der Waals surface area contributed by atoms with Gasteiger partial charge in [0.15, 0.2) is 0 Å². The Morgan fingerprint density at radius 3 is 1.25 bits per heavy atom. The molecule has 0 fully saturated rings. The summed E-state index contributed by atoms with van der Waals surface area (Å²) in [4.78, 5) is 0. The zero-order valence-electron chi connectivity index (χ0n) is 2.23. The Morgan fingerprint density at radius 2 is 1.25 bits per heavy atom. The molecule has 0 spiro atoms. The standard InChI is InChI=1S/Hg.STe.Zn/c;1-2;. The minimum absolute atomic E-state index is 0. The summed E-state index contributed by atoms with van der Waals surface area (Å²) in [5.74, 6) is 0. The van der Waals surface area contributed by atoms with Crippen LogP contribution in [-0.4, -0.2) is 20.4 Å². The molecule has 0 radical (unpaired) electrons. The van der Waals surface area contributed by atoms with Gasteiger partial charge in [0.2, 0.25) is 0 Å². The molecule has 0 aromatic carbocycles. The molecule has 0 bridgehead atoms. The van der Waals surface area contributed by atoms with Gasteiger partial charge in [-0.1, -0.05) is 0 Å². The first-order valence-electron chi connectivity index (χ1n) is 0.167. The molecule has 0 heterocycles. The Labute approximate surface area is 75.5 Å². The Balaban J connectivity index is -0.00000000500. The summed E-state index contributed by atoms with van der Waals surface area (Å²) in [6, 6.07) is 0. The van der Waals surface area contributed by atoms with E-state index in [1.54, 1.807) is 0 Å². The van der Waals surface area contributed by atoms with Gasteiger partial charge in [-0.2, -0.15) is 0 Å². The normalized spacial score (nSPS) is 1.00. The van der Waals surface area contributed by atoms with Crippen molar-refractivity contribution < 1.29 is 47.1 Å². The van der Waals surface area contributed by atoms with Gasteiger partial charge in [0.05, 0.1) is 0 Å². The zero-order chi connectivity index (χ0) is 2.00.